The maximum atomic E-state index is 10.7. The molecule has 1 rings (SSSR count). The van der Waals surface area contributed by atoms with Crippen LogP contribution in [0.25, 0.3) is 0 Å². The first-order valence-corrected chi connectivity index (χ1v) is 5.94. The molecule has 0 radical (unpaired) electrons. The van der Waals surface area contributed by atoms with Crippen molar-refractivity contribution in [3.63, 3.8) is 0 Å². The molecule has 1 aliphatic heterocycles. The third-order valence-corrected chi connectivity index (χ3v) is 2.35. The average Bonchev–Trinajstić information content (AvgIpc) is 2.16. The number of amides is 1. The third kappa shape index (κ3) is 7.99. The summed E-state index contributed by atoms with van der Waals surface area (Å²) in [4.78, 5) is 21.9. The van der Waals surface area contributed by atoms with Crippen molar-refractivity contribution in [3.05, 3.63) is 0 Å². The van der Waals surface area contributed by atoms with E-state index < -0.39 is 0 Å². The topological polar surface area (TPSA) is 58.6 Å². The van der Waals surface area contributed by atoms with Gasteiger partial charge in [0.05, 0.1) is 0 Å². The number of nitrogens with one attached hydrogen (secondary N) is 1. The van der Waals surface area contributed by atoms with Crippen LogP contribution in [-0.2, 0) is 9.53 Å². The molecule has 1 amide bonds. The molecule has 0 spiro atoms. The number of nitrogens with zero attached hydrogens (tertiary/aromatic N) is 1. The number of hydrogen-bond acceptors (Lipinski definition) is 4. The molecule has 0 aliphatic carbocycles. The van der Waals surface area contributed by atoms with Crippen LogP contribution in [0.2, 0.25) is 0 Å². The van der Waals surface area contributed by atoms with Crippen LogP contribution >= 0.6 is 11.6 Å². The number of hydrogen-bond donors (Lipinski definition) is 1. The molecule has 0 bridgehead atoms. The highest BCUT2D eigenvalue weighted by Crippen LogP contribution is 2.05. The summed E-state index contributed by atoms with van der Waals surface area (Å²) in [6.07, 6.45) is 0. The standard InChI is InChI=1S/C6H11ClN2O.C5H10O2/c1-5-4-8-2-3-9(5)6(7)10;1-5(2,3)7-4-6/h5,8H,2-4H2,1H3;4H,1-3H3/t5-;/m1./s1. The lowest BCUT2D eigenvalue weighted by molar-refractivity contribution is -0.138. The van der Waals surface area contributed by atoms with Crippen molar-refractivity contribution in [3.8, 4) is 0 Å². The fourth-order valence-corrected chi connectivity index (χ4v) is 1.50. The minimum absolute atomic E-state index is 0.235. The molecule has 1 atom stereocenters. The number of carbonyl (C=O) groups is 2. The molecule has 0 aromatic rings. The Morgan fingerprint density at radius 1 is 1.53 bits per heavy atom. The van der Waals surface area contributed by atoms with Gasteiger partial charge in [0.25, 0.3) is 6.47 Å². The van der Waals surface area contributed by atoms with Gasteiger partial charge in [0, 0.05) is 25.7 Å². The highest BCUT2D eigenvalue weighted by atomic mass is 35.5. The van der Waals surface area contributed by atoms with E-state index in [-0.39, 0.29) is 17.0 Å². The van der Waals surface area contributed by atoms with Crippen LogP contribution in [0.1, 0.15) is 27.7 Å². The van der Waals surface area contributed by atoms with E-state index in [0.29, 0.717) is 6.47 Å². The van der Waals surface area contributed by atoms with Gasteiger partial charge in [0.1, 0.15) is 5.60 Å². The molecule has 1 N–H and O–H groups in total. The molecule has 0 unspecified atom stereocenters. The number of piperazine rings is 1. The fraction of sp³-hybridized carbons (Fsp3) is 0.818. The van der Waals surface area contributed by atoms with E-state index in [1.807, 2.05) is 27.7 Å². The zero-order valence-corrected chi connectivity index (χ0v) is 11.6. The summed E-state index contributed by atoms with van der Waals surface area (Å²) < 4.78 is 4.55. The van der Waals surface area contributed by atoms with Crippen molar-refractivity contribution >= 4 is 23.4 Å². The quantitative estimate of drug-likeness (QED) is 0.444. The van der Waals surface area contributed by atoms with Crippen molar-refractivity contribution < 1.29 is 14.3 Å². The average molecular weight is 265 g/mol. The Morgan fingerprint density at radius 2 is 2.12 bits per heavy atom. The van der Waals surface area contributed by atoms with Gasteiger partial charge in [0.2, 0.25) is 0 Å². The van der Waals surface area contributed by atoms with Crippen LogP contribution < -0.4 is 5.32 Å². The van der Waals surface area contributed by atoms with Crippen LogP contribution in [0.5, 0.6) is 0 Å². The smallest absolute Gasteiger partial charge is 0.316 e. The third-order valence-electron chi connectivity index (χ3n) is 2.13. The summed E-state index contributed by atoms with van der Waals surface area (Å²) in [5.74, 6) is 0. The van der Waals surface area contributed by atoms with Crippen LogP contribution in [0.4, 0.5) is 4.79 Å². The van der Waals surface area contributed by atoms with Crippen LogP contribution in [-0.4, -0.2) is 48.0 Å². The molecule has 5 nitrogen and oxygen atoms in total. The Bertz CT molecular complexity index is 254. The van der Waals surface area contributed by atoms with Gasteiger partial charge in [-0.15, -0.1) is 0 Å². The first-order valence-electron chi connectivity index (χ1n) is 5.56. The second-order valence-electron chi connectivity index (χ2n) is 4.83. The molecule has 6 heteroatoms. The number of carbonyl (C=O) groups excluding carboxylic acids is 2. The molecule has 1 heterocycles. The first-order chi connectivity index (χ1) is 7.78. The van der Waals surface area contributed by atoms with Crippen molar-refractivity contribution in [1.29, 1.82) is 0 Å². The second-order valence-corrected chi connectivity index (χ2v) is 5.15. The largest absolute Gasteiger partial charge is 0.462 e. The van der Waals surface area contributed by atoms with Crippen molar-refractivity contribution in [2.75, 3.05) is 19.6 Å². The zero-order valence-electron chi connectivity index (χ0n) is 10.8. The van der Waals surface area contributed by atoms with Crippen molar-refractivity contribution in [2.45, 2.75) is 39.3 Å². The zero-order chi connectivity index (χ0) is 13.5. The summed E-state index contributed by atoms with van der Waals surface area (Å²) in [5.41, 5.74) is -0.318. The highest BCUT2D eigenvalue weighted by molar-refractivity contribution is 6.62. The van der Waals surface area contributed by atoms with E-state index in [1.54, 1.807) is 4.90 Å². The maximum Gasteiger partial charge on any atom is 0.316 e. The van der Waals surface area contributed by atoms with E-state index in [4.69, 9.17) is 11.6 Å². The molecule has 1 fully saturated rings. The van der Waals surface area contributed by atoms with Gasteiger partial charge in [0.15, 0.2) is 0 Å². The van der Waals surface area contributed by atoms with Crippen LogP contribution in [0.3, 0.4) is 0 Å². The van der Waals surface area contributed by atoms with Gasteiger partial charge in [-0.3, -0.25) is 9.59 Å². The molecule has 1 aliphatic rings. The lowest BCUT2D eigenvalue weighted by atomic mass is 10.2. The Morgan fingerprint density at radius 3 is 2.35 bits per heavy atom. The van der Waals surface area contributed by atoms with Gasteiger partial charge in [-0.25, -0.2) is 0 Å². The van der Waals surface area contributed by atoms with E-state index in [0.717, 1.165) is 19.6 Å². The van der Waals surface area contributed by atoms with Crippen LogP contribution in [0, 0.1) is 0 Å². The molecule has 0 aromatic carbocycles. The minimum atomic E-state index is -0.339. The minimum Gasteiger partial charge on any atom is -0.462 e. The number of halogens is 1. The lowest BCUT2D eigenvalue weighted by Crippen LogP contribution is -2.50. The molecule has 0 saturated carbocycles. The Balaban J connectivity index is 0.000000325. The van der Waals surface area contributed by atoms with E-state index in [2.05, 4.69) is 10.1 Å². The molecule has 1 saturated heterocycles. The van der Waals surface area contributed by atoms with E-state index in [9.17, 15) is 9.59 Å². The van der Waals surface area contributed by atoms with E-state index in [1.165, 1.54) is 0 Å². The Kier molecular flexibility index (Phi) is 7.15. The van der Waals surface area contributed by atoms with Gasteiger partial charge in [-0.2, -0.15) is 0 Å². The number of rotatable bonds is 1. The molecular weight excluding hydrogens is 244 g/mol. The summed E-state index contributed by atoms with van der Waals surface area (Å²) >= 11 is 5.31. The second kappa shape index (κ2) is 7.50. The Labute approximate surface area is 107 Å². The van der Waals surface area contributed by atoms with Gasteiger partial charge in [-0.05, 0) is 39.3 Å². The summed E-state index contributed by atoms with van der Waals surface area (Å²) in [7, 11) is 0. The first kappa shape index (κ1) is 16.2. The number of ether oxygens (including phenoxy) is 1. The fourth-order valence-electron chi connectivity index (χ4n) is 1.25. The molecular formula is C11H21ClN2O3. The predicted molar refractivity (Wildman–Crippen MR) is 67.2 cm³/mol. The molecule has 17 heavy (non-hydrogen) atoms. The SMILES string of the molecule is CC(C)(C)OC=O.C[C@@H]1CNCCN1C(=O)Cl. The highest BCUT2D eigenvalue weighted by Gasteiger charge is 2.20. The normalized spacial score (nSPS) is 20.1. The van der Waals surface area contributed by atoms with Gasteiger partial charge < -0.3 is 15.0 Å². The van der Waals surface area contributed by atoms with Crippen LogP contribution in [0.15, 0.2) is 0 Å². The van der Waals surface area contributed by atoms with Gasteiger partial charge >= 0.3 is 5.37 Å². The monoisotopic (exact) mass is 264 g/mol. The summed E-state index contributed by atoms with van der Waals surface area (Å²) in [6, 6.07) is 0.235. The summed E-state index contributed by atoms with van der Waals surface area (Å²) in [6.45, 7) is 10.3. The van der Waals surface area contributed by atoms with Crippen molar-refractivity contribution in [2.24, 2.45) is 0 Å². The predicted octanol–water partition coefficient (Wildman–Crippen LogP) is 1.60. The Hall–Kier alpha value is -0.810. The van der Waals surface area contributed by atoms with Gasteiger partial charge in [-0.1, -0.05) is 0 Å². The molecule has 0 aromatic heterocycles. The molecule has 100 valence electrons. The van der Waals surface area contributed by atoms with E-state index >= 15 is 0 Å². The lowest BCUT2D eigenvalue weighted by Gasteiger charge is -2.31. The summed E-state index contributed by atoms with van der Waals surface area (Å²) in [5, 5.41) is 2.83. The van der Waals surface area contributed by atoms with Crippen molar-refractivity contribution in [1.82, 2.24) is 10.2 Å². The maximum absolute atomic E-state index is 10.7.